The highest BCUT2D eigenvalue weighted by Crippen LogP contribution is 2.34. The second-order valence-corrected chi connectivity index (χ2v) is 4.10. The molecular weight excluding hydrogens is 255 g/mol. The molecule has 0 saturated carbocycles. The first-order valence-corrected chi connectivity index (χ1v) is 5.91. The average Bonchev–Trinajstić information content (AvgIpc) is 2.88. The molecule has 1 aromatic carbocycles. The summed E-state index contributed by atoms with van der Waals surface area (Å²) in [6.07, 6.45) is -0.0857. The number of nitrogens with one attached hydrogen (secondary N) is 1. The van der Waals surface area contributed by atoms with Gasteiger partial charge in [0.1, 0.15) is 0 Å². The third-order valence-corrected chi connectivity index (χ3v) is 2.73. The summed E-state index contributed by atoms with van der Waals surface area (Å²) in [5.74, 6) is 0. The van der Waals surface area contributed by atoms with Crippen LogP contribution in [0.1, 0.15) is 18.1 Å². The van der Waals surface area contributed by atoms with Gasteiger partial charge in [-0.1, -0.05) is 13.0 Å². The van der Waals surface area contributed by atoms with Crippen molar-refractivity contribution in [2.45, 2.75) is 19.6 Å². The van der Waals surface area contributed by atoms with Crippen LogP contribution in [0.5, 0.6) is 0 Å². The molecule has 0 atom stereocenters. The third kappa shape index (κ3) is 3.14. The molecule has 0 radical (unpaired) electrons. The zero-order valence-corrected chi connectivity index (χ0v) is 10.4. The molecular formula is C13H14F3N3. The highest BCUT2D eigenvalue weighted by Gasteiger charge is 2.34. The number of benzene rings is 1. The summed E-state index contributed by atoms with van der Waals surface area (Å²) in [5.41, 5.74) is 0.0455. The van der Waals surface area contributed by atoms with Crippen LogP contribution in [-0.2, 0) is 12.7 Å². The van der Waals surface area contributed by atoms with Gasteiger partial charge >= 0.3 is 6.18 Å². The van der Waals surface area contributed by atoms with Gasteiger partial charge in [0, 0.05) is 18.9 Å². The van der Waals surface area contributed by atoms with E-state index >= 15 is 0 Å². The van der Waals surface area contributed by atoms with Crippen molar-refractivity contribution in [2.75, 3.05) is 6.54 Å². The SMILES string of the molecule is CCNCc1ccc(-n2ccnc2)c(C(F)(F)F)c1. The summed E-state index contributed by atoms with van der Waals surface area (Å²) in [5, 5.41) is 3.01. The molecule has 3 nitrogen and oxygen atoms in total. The standard InChI is InChI=1S/C13H14F3N3/c1-2-17-8-10-3-4-12(19-6-5-18-9-19)11(7-10)13(14,15)16/h3-7,9,17H,2,8H2,1H3. The van der Waals surface area contributed by atoms with Crippen molar-refractivity contribution in [3.8, 4) is 5.69 Å². The number of hydrogen-bond acceptors (Lipinski definition) is 2. The number of halogens is 3. The number of rotatable bonds is 4. The average molecular weight is 269 g/mol. The van der Waals surface area contributed by atoms with E-state index in [-0.39, 0.29) is 5.69 Å². The Morgan fingerprint density at radius 2 is 2.11 bits per heavy atom. The van der Waals surface area contributed by atoms with Crippen LogP contribution >= 0.6 is 0 Å². The van der Waals surface area contributed by atoms with E-state index in [1.165, 1.54) is 35.4 Å². The summed E-state index contributed by atoms with van der Waals surface area (Å²) in [4.78, 5) is 3.78. The summed E-state index contributed by atoms with van der Waals surface area (Å²) >= 11 is 0. The van der Waals surface area contributed by atoms with E-state index in [4.69, 9.17) is 0 Å². The third-order valence-electron chi connectivity index (χ3n) is 2.73. The molecule has 1 N–H and O–H groups in total. The molecule has 0 saturated heterocycles. The predicted octanol–water partition coefficient (Wildman–Crippen LogP) is 3.00. The first-order chi connectivity index (χ1) is 9.02. The van der Waals surface area contributed by atoms with Crippen LogP contribution in [0.3, 0.4) is 0 Å². The van der Waals surface area contributed by atoms with Gasteiger partial charge < -0.3 is 9.88 Å². The van der Waals surface area contributed by atoms with E-state index in [0.29, 0.717) is 18.7 Å². The minimum Gasteiger partial charge on any atom is -0.313 e. The van der Waals surface area contributed by atoms with Crippen molar-refractivity contribution in [3.63, 3.8) is 0 Å². The summed E-state index contributed by atoms with van der Waals surface area (Å²) < 4.78 is 40.6. The maximum atomic E-state index is 13.1. The molecule has 102 valence electrons. The Morgan fingerprint density at radius 3 is 2.68 bits per heavy atom. The zero-order chi connectivity index (χ0) is 13.9. The van der Waals surface area contributed by atoms with Gasteiger partial charge in [-0.3, -0.25) is 0 Å². The van der Waals surface area contributed by atoms with Gasteiger partial charge in [0.05, 0.1) is 17.6 Å². The van der Waals surface area contributed by atoms with Crippen LogP contribution in [0.25, 0.3) is 5.69 Å². The molecule has 0 aliphatic heterocycles. The van der Waals surface area contributed by atoms with E-state index in [0.717, 1.165) is 0 Å². The van der Waals surface area contributed by atoms with Crippen molar-refractivity contribution >= 4 is 0 Å². The zero-order valence-electron chi connectivity index (χ0n) is 10.4. The number of nitrogens with zero attached hydrogens (tertiary/aromatic N) is 2. The molecule has 1 heterocycles. The monoisotopic (exact) mass is 269 g/mol. The molecule has 0 bridgehead atoms. The van der Waals surface area contributed by atoms with Gasteiger partial charge in [-0.15, -0.1) is 0 Å². The largest absolute Gasteiger partial charge is 0.418 e. The Hall–Kier alpha value is -1.82. The Balaban J connectivity index is 2.44. The Labute approximate surface area is 109 Å². The molecule has 19 heavy (non-hydrogen) atoms. The molecule has 2 aromatic rings. The molecule has 0 spiro atoms. The van der Waals surface area contributed by atoms with Gasteiger partial charge in [-0.2, -0.15) is 13.2 Å². The van der Waals surface area contributed by atoms with Crippen molar-refractivity contribution in [3.05, 3.63) is 48.0 Å². The van der Waals surface area contributed by atoms with Crippen LogP contribution in [0.2, 0.25) is 0 Å². The number of hydrogen-bond donors (Lipinski definition) is 1. The van der Waals surface area contributed by atoms with Gasteiger partial charge in [0.15, 0.2) is 0 Å². The summed E-state index contributed by atoms with van der Waals surface area (Å²) in [7, 11) is 0. The van der Waals surface area contributed by atoms with Gasteiger partial charge in [-0.05, 0) is 24.2 Å². The fourth-order valence-electron chi connectivity index (χ4n) is 1.82. The normalized spacial score (nSPS) is 11.8. The van der Waals surface area contributed by atoms with E-state index in [9.17, 15) is 13.2 Å². The summed E-state index contributed by atoms with van der Waals surface area (Å²) in [6, 6.07) is 4.34. The molecule has 0 aliphatic rings. The van der Waals surface area contributed by atoms with Crippen LogP contribution < -0.4 is 5.32 Å². The second kappa shape index (κ2) is 5.44. The quantitative estimate of drug-likeness (QED) is 0.924. The first kappa shape index (κ1) is 13.6. The molecule has 0 fully saturated rings. The smallest absolute Gasteiger partial charge is 0.313 e. The summed E-state index contributed by atoms with van der Waals surface area (Å²) in [6.45, 7) is 3.04. The molecule has 0 amide bonds. The lowest BCUT2D eigenvalue weighted by Crippen LogP contribution is -2.15. The van der Waals surface area contributed by atoms with Gasteiger partial charge in [-0.25, -0.2) is 4.98 Å². The van der Waals surface area contributed by atoms with Crippen LogP contribution in [0, 0.1) is 0 Å². The minimum absolute atomic E-state index is 0.0882. The number of alkyl halides is 3. The highest BCUT2D eigenvalue weighted by atomic mass is 19.4. The Bertz CT molecular complexity index is 533. The molecule has 1 aromatic heterocycles. The van der Waals surface area contributed by atoms with E-state index in [2.05, 4.69) is 10.3 Å². The van der Waals surface area contributed by atoms with Crippen molar-refractivity contribution in [1.82, 2.24) is 14.9 Å². The fourth-order valence-corrected chi connectivity index (χ4v) is 1.82. The first-order valence-electron chi connectivity index (χ1n) is 5.91. The van der Waals surface area contributed by atoms with Gasteiger partial charge in [0.25, 0.3) is 0 Å². The van der Waals surface area contributed by atoms with Crippen LogP contribution in [-0.4, -0.2) is 16.1 Å². The van der Waals surface area contributed by atoms with Crippen molar-refractivity contribution in [1.29, 1.82) is 0 Å². The lowest BCUT2D eigenvalue weighted by molar-refractivity contribution is -0.137. The second-order valence-electron chi connectivity index (χ2n) is 4.10. The lowest BCUT2D eigenvalue weighted by atomic mass is 10.1. The molecule has 2 rings (SSSR count). The van der Waals surface area contributed by atoms with Gasteiger partial charge in [0.2, 0.25) is 0 Å². The Kier molecular flexibility index (Phi) is 3.90. The number of aromatic nitrogens is 2. The van der Waals surface area contributed by atoms with Crippen LogP contribution in [0.4, 0.5) is 13.2 Å². The minimum atomic E-state index is -4.39. The topological polar surface area (TPSA) is 29.9 Å². The maximum absolute atomic E-state index is 13.1. The van der Waals surface area contributed by atoms with Crippen molar-refractivity contribution in [2.24, 2.45) is 0 Å². The number of imidazole rings is 1. The molecule has 0 unspecified atom stereocenters. The fraction of sp³-hybridized carbons (Fsp3) is 0.308. The van der Waals surface area contributed by atoms with Crippen molar-refractivity contribution < 1.29 is 13.2 Å². The highest BCUT2D eigenvalue weighted by molar-refractivity contribution is 5.45. The predicted molar refractivity (Wildman–Crippen MR) is 65.9 cm³/mol. The molecule has 6 heteroatoms. The van der Waals surface area contributed by atoms with Crippen LogP contribution in [0.15, 0.2) is 36.9 Å². The Morgan fingerprint density at radius 1 is 1.32 bits per heavy atom. The maximum Gasteiger partial charge on any atom is 0.418 e. The van der Waals surface area contributed by atoms with E-state index < -0.39 is 11.7 Å². The molecule has 0 aliphatic carbocycles. The van der Waals surface area contributed by atoms with E-state index in [1.807, 2.05) is 6.92 Å². The van der Waals surface area contributed by atoms with E-state index in [1.54, 1.807) is 6.07 Å². The lowest BCUT2D eigenvalue weighted by Gasteiger charge is -2.15.